The van der Waals surface area contributed by atoms with Gasteiger partial charge >= 0.3 is 0 Å². The Kier molecular flexibility index (Phi) is 4.53. The molecule has 1 aliphatic rings. The van der Waals surface area contributed by atoms with E-state index in [4.69, 9.17) is 0 Å². The molecule has 4 heterocycles. The van der Waals surface area contributed by atoms with Gasteiger partial charge in [-0.3, -0.25) is 4.68 Å². The third-order valence-electron chi connectivity index (χ3n) is 5.42. The first-order chi connectivity index (χ1) is 14.5. The summed E-state index contributed by atoms with van der Waals surface area (Å²) < 4.78 is 17.8. The lowest BCUT2D eigenvalue weighted by Gasteiger charge is -2.32. The van der Waals surface area contributed by atoms with E-state index in [0.29, 0.717) is 28.8 Å². The summed E-state index contributed by atoms with van der Waals surface area (Å²) in [5, 5.41) is 28.2. The summed E-state index contributed by atoms with van der Waals surface area (Å²) in [7, 11) is 0. The summed E-state index contributed by atoms with van der Waals surface area (Å²) in [6.07, 6.45) is 7.82. The van der Waals surface area contributed by atoms with Gasteiger partial charge in [-0.2, -0.15) is 15.5 Å². The molecule has 9 heteroatoms. The highest BCUT2D eigenvalue weighted by Gasteiger charge is 2.31. The molecule has 150 valence electrons. The van der Waals surface area contributed by atoms with Gasteiger partial charge in [-0.15, -0.1) is 0 Å². The van der Waals surface area contributed by atoms with Crippen LogP contribution in [0.2, 0.25) is 0 Å². The summed E-state index contributed by atoms with van der Waals surface area (Å²) in [5.41, 5.74) is 3.80. The van der Waals surface area contributed by atoms with E-state index in [1.807, 2.05) is 23.9 Å². The fourth-order valence-electron chi connectivity index (χ4n) is 3.78. The lowest BCUT2D eigenvalue weighted by molar-refractivity contribution is 0.0426. The van der Waals surface area contributed by atoms with Crippen LogP contribution in [0.1, 0.15) is 30.1 Å². The molecule has 1 aliphatic carbocycles. The van der Waals surface area contributed by atoms with Crippen LogP contribution in [0, 0.1) is 24.1 Å². The lowest BCUT2D eigenvalue weighted by atomic mass is 9.89. The number of hydrogen-bond acceptors (Lipinski definition) is 6. The Labute approximate surface area is 175 Å². The Bertz CT molecular complexity index is 1300. The monoisotopic (exact) mass is 420 g/mol. The number of hydrogen-bond donors (Lipinski definition) is 1. The quantitative estimate of drug-likeness (QED) is 0.540. The molecule has 5 rings (SSSR count). The van der Waals surface area contributed by atoms with Crippen molar-refractivity contribution in [3.05, 3.63) is 60.1 Å². The molecule has 0 aromatic carbocycles. The Morgan fingerprint density at radius 3 is 2.87 bits per heavy atom. The summed E-state index contributed by atoms with van der Waals surface area (Å²) in [6, 6.07) is 7.17. The van der Waals surface area contributed by atoms with E-state index in [-0.39, 0.29) is 17.2 Å². The zero-order valence-corrected chi connectivity index (χ0v) is 16.8. The van der Waals surface area contributed by atoms with E-state index in [1.165, 1.54) is 18.5 Å². The van der Waals surface area contributed by atoms with Gasteiger partial charge in [0.05, 0.1) is 35.6 Å². The maximum Gasteiger partial charge on any atom is 0.155 e. The number of nitrogens with zero attached hydrogens (tertiary/aromatic N) is 6. The molecular formula is C21H17FN6OS. The molecule has 0 bridgehead atoms. The van der Waals surface area contributed by atoms with E-state index >= 15 is 0 Å². The predicted molar refractivity (Wildman–Crippen MR) is 108 cm³/mol. The summed E-state index contributed by atoms with van der Waals surface area (Å²) >= 11 is 1.16. The molecule has 7 nitrogen and oxygen atoms in total. The van der Waals surface area contributed by atoms with Crippen LogP contribution in [0.25, 0.3) is 16.6 Å². The van der Waals surface area contributed by atoms with Crippen molar-refractivity contribution in [2.45, 2.75) is 41.8 Å². The van der Waals surface area contributed by atoms with Crippen LogP contribution in [0.5, 0.6) is 0 Å². The third kappa shape index (κ3) is 3.05. The molecule has 0 saturated heterocycles. The number of pyridine rings is 2. The average Bonchev–Trinajstić information content (AvgIpc) is 3.30. The molecule has 30 heavy (non-hydrogen) atoms. The summed E-state index contributed by atoms with van der Waals surface area (Å²) in [6.45, 7) is 1.99. The minimum atomic E-state index is -0.420. The minimum absolute atomic E-state index is 0.198. The molecule has 0 aliphatic heterocycles. The van der Waals surface area contributed by atoms with Crippen molar-refractivity contribution >= 4 is 17.3 Å². The second kappa shape index (κ2) is 7.23. The van der Waals surface area contributed by atoms with E-state index in [1.54, 1.807) is 16.8 Å². The van der Waals surface area contributed by atoms with Gasteiger partial charge in [0, 0.05) is 34.1 Å². The van der Waals surface area contributed by atoms with Crippen molar-refractivity contribution in [2.75, 3.05) is 0 Å². The molecular weight excluding hydrogens is 403 g/mol. The molecule has 1 saturated carbocycles. The maximum atomic E-state index is 14.2. The molecule has 0 amide bonds. The van der Waals surface area contributed by atoms with Crippen molar-refractivity contribution in [1.82, 2.24) is 24.4 Å². The normalized spacial score (nSPS) is 18.3. The number of halogens is 1. The van der Waals surface area contributed by atoms with Crippen molar-refractivity contribution < 1.29 is 9.50 Å². The molecule has 0 spiro atoms. The summed E-state index contributed by atoms with van der Waals surface area (Å²) in [5.74, 6) is -0.420. The Hall–Kier alpha value is -3.22. The molecule has 0 atom stereocenters. The number of nitriles is 1. The van der Waals surface area contributed by atoms with Gasteiger partial charge in [0.2, 0.25) is 0 Å². The molecule has 4 aromatic rings. The molecule has 4 aromatic heterocycles. The van der Waals surface area contributed by atoms with Crippen molar-refractivity contribution in [3.8, 4) is 17.2 Å². The SMILES string of the molecule is Cc1c(-c2cc(Sc3ncccc3F)c3c(C#N)cnn3c2)cnn1[C@H]1C[C@H](O)C1. The largest absolute Gasteiger partial charge is 0.393 e. The highest BCUT2D eigenvalue weighted by molar-refractivity contribution is 7.99. The van der Waals surface area contributed by atoms with Crippen molar-refractivity contribution in [1.29, 1.82) is 5.26 Å². The van der Waals surface area contributed by atoms with Crippen LogP contribution in [-0.4, -0.2) is 35.6 Å². The fourth-order valence-corrected chi connectivity index (χ4v) is 4.75. The molecule has 1 fully saturated rings. The highest BCUT2D eigenvalue weighted by atomic mass is 32.2. The highest BCUT2D eigenvalue weighted by Crippen LogP contribution is 2.38. The number of aliphatic hydroxyl groups excluding tert-OH is 1. The molecule has 1 N–H and O–H groups in total. The maximum absolute atomic E-state index is 14.2. The van der Waals surface area contributed by atoms with Crippen molar-refractivity contribution in [3.63, 3.8) is 0 Å². The Balaban J connectivity index is 1.62. The van der Waals surface area contributed by atoms with Gasteiger partial charge in [0.1, 0.15) is 11.1 Å². The van der Waals surface area contributed by atoms with Crippen LogP contribution < -0.4 is 0 Å². The number of fused-ring (bicyclic) bond motifs is 1. The Morgan fingerprint density at radius 2 is 2.13 bits per heavy atom. The number of rotatable bonds is 4. The van der Waals surface area contributed by atoms with Crippen LogP contribution in [0.4, 0.5) is 4.39 Å². The van der Waals surface area contributed by atoms with Gasteiger partial charge in [-0.1, -0.05) is 11.8 Å². The first kappa shape index (κ1) is 18.8. The zero-order chi connectivity index (χ0) is 20.8. The predicted octanol–water partition coefficient (Wildman–Crippen LogP) is 3.76. The second-order valence-corrected chi connectivity index (χ2v) is 8.35. The van der Waals surface area contributed by atoms with E-state index in [2.05, 4.69) is 21.3 Å². The van der Waals surface area contributed by atoms with E-state index < -0.39 is 5.82 Å². The van der Waals surface area contributed by atoms with Gasteiger partial charge in [0.25, 0.3) is 0 Å². The Morgan fingerprint density at radius 1 is 1.30 bits per heavy atom. The molecule has 0 unspecified atom stereocenters. The van der Waals surface area contributed by atoms with E-state index in [0.717, 1.165) is 28.6 Å². The molecule has 0 radical (unpaired) electrons. The second-order valence-electron chi connectivity index (χ2n) is 7.32. The smallest absolute Gasteiger partial charge is 0.155 e. The number of aromatic nitrogens is 5. The van der Waals surface area contributed by atoms with Gasteiger partial charge in [-0.05, 0) is 38.0 Å². The van der Waals surface area contributed by atoms with Gasteiger partial charge in [-0.25, -0.2) is 13.9 Å². The minimum Gasteiger partial charge on any atom is -0.393 e. The average molecular weight is 420 g/mol. The van der Waals surface area contributed by atoms with E-state index in [9.17, 15) is 14.8 Å². The first-order valence-electron chi connectivity index (χ1n) is 9.47. The number of aliphatic hydroxyl groups is 1. The third-order valence-corrected chi connectivity index (χ3v) is 6.44. The lowest BCUT2D eigenvalue weighted by Crippen LogP contribution is -2.31. The van der Waals surface area contributed by atoms with Crippen LogP contribution in [-0.2, 0) is 0 Å². The van der Waals surface area contributed by atoms with Crippen molar-refractivity contribution in [2.24, 2.45) is 0 Å². The zero-order valence-electron chi connectivity index (χ0n) is 16.0. The van der Waals surface area contributed by atoms with Crippen LogP contribution in [0.3, 0.4) is 0 Å². The van der Waals surface area contributed by atoms with Gasteiger partial charge < -0.3 is 5.11 Å². The standard InChI is InChI=1S/C21H17FN6OS/c1-12-17(10-26-28(12)15-6-16(29)7-15)13-5-19(30-21-18(22)3-2-4-24-21)20-14(8-23)9-25-27(20)11-13/h2-5,9-11,15-16,29H,6-7H2,1H3/t15-,16-. The first-order valence-corrected chi connectivity index (χ1v) is 10.3. The summed E-state index contributed by atoms with van der Waals surface area (Å²) in [4.78, 5) is 4.81. The topological polar surface area (TPSA) is 92.0 Å². The van der Waals surface area contributed by atoms with Crippen LogP contribution in [0.15, 0.2) is 52.9 Å². The van der Waals surface area contributed by atoms with Gasteiger partial charge in [0.15, 0.2) is 5.82 Å². The van der Waals surface area contributed by atoms with Crippen LogP contribution >= 0.6 is 11.8 Å². The fraction of sp³-hybridized carbons (Fsp3) is 0.238.